The lowest BCUT2D eigenvalue weighted by Gasteiger charge is -2.14. The van der Waals surface area contributed by atoms with E-state index in [1.165, 1.54) is 6.08 Å². The van der Waals surface area contributed by atoms with Crippen molar-refractivity contribution in [3.8, 4) is 5.75 Å². The van der Waals surface area contributed by atoms with Crippen LogP contribution in [-0.2, 0) is 20.8 Å². The molecule has 0 unspecified atom stereocenters. The van der Waals surface area contributed by atoms with E-state index in [1.807, 2.05) is 51.1 Å². The smallest absolute Gasteiger partial charge is 0.331 e. The van der Waals surface area contributed by atoms with E-state index in [1.54, 1.807) is 6.08 Å². The van der Waals surface area contributed by atoms with Crippen molar-refractivity contribution >= 4 is 17.8 Å². The van der Waals surface area contributed by atoms with Gasteiger partial charge in [-0.15, -0.1) is 0 Å². The quantitative estimate of drug-likeness (QED) is 0.353. The second-order valence-electron chi connectivity index (χ2n) is 7.37. The van der Waals surface area contributed by atoms with Gasteiger partial charge in [0.1, 0.15) is 5.75 Å². The van der Waals surface area contributed by atoms with E-state index < -0.39 is 5.97 Å². The predicted octanol–water partition coefficient (Wildman–Crippen LogP) is 4.12. The summed E-state index contributed by atoms with van der Waals surface area (Å²) in [4.78, 5) is 24.7. The molecule has 1 atom stereocenters. The van der Waals surface area contributed by atoms with E-state index >= 15 is 0 Å². The number of Topliss-reactive ketones (excluding diaryl/α,β-unsaturated/α-hetero) is 1. The summed E-state index contributed by atoms with van der Waals surface area (Å²) >= 11 is 0. The van der Waals surface area contributed by atoms with Gasteiger partial charge in [0.2, 0.25) is 5.78 Å². The fourth-order valence-corrected chi connectivity index (χ4v) is 3.68. The van der Waals surface area contributed by atoms with Crippen molar-refractivity contribution < 1.29 is 23.8 Å². The number of hydrogen-bond acceptors (Lipinski definition) is 5. The van der Waals surface area contributed by atoms with Crippen molar-refractivity contribution in [2.45, 2.75) is 46.3 Å². The van der Waals surface area contributed by atoms with Gasteiger partial charge in [-0.3, -0.25) is 4.79 Å². The summed E-state index contributed by atoms with van der Waals surface area (Å²) < 4.78 is 18.5. The number of aromatic nitrogens is 1. The molecule has 0 saturated carbocycles. The third-order valence-corrected chi connectivity index (χ3v) is 5.25. The van der Waals surface area contributed by atoms with Gasteiger partial charge in [0.15, 0.2) is 6.61 Å². The van der Waals surface area contributed by atoms with Crippen LogP contribution in [0.15, 0.2) is 36.4 Å². The zero-order valence-electron chi connectivity index (χ0n) is 17.8. The second kappa shape index (κ2) is 10.3. The van der Waals surface area contributed by atoms with Gasteiger partial charge in [-0.2, -0.15) is 0 Å². The lowest BCUT2D eigenvalue weighted by molar-refractivity contribution is -0.136. The number of rotatable bonds is 9. The molecule has 1 saturated heterocycles. The van der Waals surface area contributed by atoms with Gasteiger partial charge in [0.05, 0.1) is 12.7 Å². The van der Waals surface area contributed by atoms with Gasteiger partial charge in [-0.25, -0.2) is 4.79 Å². The Kier molecular flexibility index (Phi) is 7.46. The van der Waals surface area contributed by atoms with E-state index in [-0.39, 0.29) is 18.5 Å². The van der Waals surface area contributed by atoms with Crippen LogP contribution in [-0.4, -0.2) is 42.2 Å². The summed E-state index contributed by atoms with van der Waals surface area (Å²) in [6.07, 6.45) is 5.25. The minimum atomic E-state index is -0.567. The van der Waals surface area contributed by atoms with E-state index in [4.69, 9.17) is 14.2 Å². The van der Waals surface area contributed by atoms with Crippen LogP contribution in [0, 0.1) is 13.8 Å². The minimum Gasteiger partial charge on any atom is -0.493 e. The summed E-state index contributed by atoms with van der Waals surface area (Å²) in [6.45, 7) is 7.58. The van der Waals surface area contributed by atoms with Crippen molar-refractivity contribution in [2.75, 3.05) is 19.8 Å². The second-order valence-corrected chi connectivity index (χ2v) is 7.37. The number of nitrogens with zero attached hydrogens (tertiary/aromatic N) is 1. The van der Waals surface area contributed by atoms with E-state index in [9.17, 15) is 9.59 Å². The van der Waals surface area contributed by atoms with E-state index in [2.05, 4.69) is 4.57 Å². The number of esters is 1. The molecule has 1 fully saturated rings. The van der Waals surface area contributed by atoms with Crippen LogP contribution in [0.5, 0.6) is 5.75 Å². The molecule has 0 N–H and O–H groups in total. The average molecular weight is 411 g/mol. The molecular formula is C24H29NO5. The Balaban J connectivity index is 1.58. The molecule has 6 nitrogen and oxygen atoms in total. The maximum absolute atomic E-state index is 12.6. The molecule has 0 radical (unpaired) electrons. The van der Waals surface area contributed by atoms with Crippen LogP contribution in [0.2, 0.25) is 0 Å². The Hall–Kier alpha value is -2.86. The highest BCUT2D eigenvalue weighted by atomic mass is 16.5. The van der Waals surface area contributed by atoms with Crippen LogP contribution >= 0.6 is 0 Å². The highest BCUT2D eigenvalue weighted by Gasteiger charge is 2.21. The fourth-order valence-electron chi connectivity index (χ4n) is 3.68. The molecule has 6 heteroatoms. The van der Waals surface area contributed by atoms with Crippen LogP contribution in [0.3, 0.4) is 0 Å². The molecule has 160 valence electrons. The SMILES string of the molecule is CCOc1ccccc1/C=C/C(=O)OCC(=O)c1cc(C)n(C[C@@H]2CCCO2)c1C. The third kappa shape index (κ3) is 5.39. The molecule has 1 aromatic carbocycles. The average Bonchev–Trinajstić information content (AvgIpc) is 3.35. The summed E-state index contributed by atoms with van der Waals surface area (Å²) in [5.74, 6) is -0.0835. The van der Waals surface area contributed by atoms with E-state index in [0.29, 0.717) is 17.9 Å². The first kappa shape index (κ1) is 21.8. The van der Waals surface area contributed by atoms with Gasteiger partial charge >= 0.3 is 5.97 Å². The topological polar surface area (TPSA) is 66.8 Å². The molecule has 0 amide bonds. The maximum Gasteiger partial charge on any atom is 0.331 e. The van der Waals surface area contributed by atoms with Crippen LogP contribution < -0.4 is 4.74 Å². The van der Waals surface area contributed by atoms with Gasteiger partial charge in [0.25, 0.3) is 0 Å². The Morgan fingerprint density at radius 3 is 2.80 bits per heavy atom. The molecule has 30 heavy (non-hydrogen) atoms. The standard InChI is InChI=1S/C24H29NO5/c1-4-28-23-10-6-5-8-19(23)11-12-24(27)30-16-22(26)21-14-17(2)25(18(21)3)15-20-9-7-13-29-20/h5-6,8,10-12,14,20H,4,7,9,13,15-16H2,1-3H3/b12-11+/t20-/m0/s1. The Bertz CT molecular complexity index is 922. The molecule has 1 aliphatic heterocycles. The molecule has 1 aliphatic rings. The zero-order chi connectivity index (χ0) is 21.5. The minimum absolute atomic E-state index is 0.195. The molecule has 1 aromatic heterocycles. The highest BCUT2D eigenvalue weighted by Crippen LogP contribution is 2.21. The first-order chi connectivity index (χ1) is 14.5. The molecule has 3 rings (SSSR count). The summed E-state index contributed by atoms with van der Waals surface area (Å²) in [5, 5.41) is 0. The van der Waals surface area contributed by atoms with E-state index in [0.717, 1.165) is 42.9 Å². The molecular weight excluding hydrogens is 382 g/mol. The highest BCUT2D eigenvalue weighted by molar-refractivity contribution is 6.00. The fraction of sp³-hybridized carbons (Fsp3) is 0.417. The monoisotopic (exact) mass is 411 g/mol. The Labute approximate surface area is 177 Å². The molecule has 0 spiro atoms. The number of benzene rings is 1. The van der Waals surface area contributed by atoms with Crippen molar-refractivity contribution in [2.24, 2.45) is 0 Å². The number of para-hydroxylation sites is 1. The number of carbonyl (C=O) groups is 2. The van der Waals surface area contributed by atoms with Crippen molar-refractivity contribution in [1.82, 2.24) is 4.57 Å². The van der Waals surface area contributed by atoms with Gasteiger partial charge in [0, 0.05) is 41.7 Å². The normalized spacial score (nSPS) is 16.2. The zero-order valence-corrected chi connectivity index (χ0v) is 17.8. The Morgan fingerprint density at radius 2 is 2.07 bits per heavy atom. The summed E-state index contributed by atoms with van der Waals surface area (Å²) in [5.41, 5.74) is 3.25. The number of carbonyl (C=O) groups excluding carboxylic acids is 2. The van der Waals surface area contributed by atoms with Gasteiger partial charge < -0.3 is 18.8 Å². The van der Waals surface area contributed by atoms with Crippen molar-refractivity contribution in [1.29, 1.82) is 0 Å². The van der Waals surface area contributed by atoms with Gasteiger partial charge in [-0.1, -0.05) is 18.2 Å². The largest absolute Gasteiger partial charge is 0.493 e. The predicted molar refractivity (Wildman–Crippen MR) is 115 cm³/mol. The first-order valence-corrected chi connectivity index (χ1v) is 10.4. The lowest BCUT2D eigenvalue weighted by atomic mass is 10.1. The first-order valence-electron chi connectivity index (χ1n) is 10.4. The molecule has 2 heterocycles. The number of ketones is 1. The maximum atomic E-state index is 12.6. The van der Waals surface area contributed by atoms with Crippen LogP contribution in [0.1, 0.15) is 47.1 Å². The van der Waals surface area contributed by atoms with Crippen molar-refractivity contribution in [3.63, 3.8) is 0 Å². The molecule has 2 aromatic rings. The Morgan fingerprint density at radius 1 is 1.27 bits per heavy atom. The lowest BCUT2D eigenvalue weighted by Crippen LogP contribution is -2.18. The van der Waals surface area contributed by atoms with Crippen LogP contribution in [0.25, 0.3) is 6.08 Å². The van der Waals surface area contributed by atoms with Crippen molar-refractivity contribution in [3.05, 3.63) is 58.9 Å². The molecule has 0 bridgehead atoms. The molecule has 0 aliphatic carbocycles. The number of ether oxygens (including phenoxy) is 3. The summed E-state index contributed by atoms with van der Waals surface area (Å²) in [6, 6.07) is 9.28. The summed E-state index contributed by atoms with van der Waals surface area (Å²) in [7, 11) is 0. The van der Waals surface area contributed by atoms with Crippen LogP contribution in [0.4, 0.5) is 0 Å². The third-order valence-electron chi connectivity index (χ3n) is 5.25. The van der Waals surface area contributed by atoms with Gasteiger partial charge in [-0.05, 0) is 51.8 Å². The number of hydrogen-bond donors (Lipinski definition) is 0. The number of aryl methyl sites for hydroxylation is 1.